The molecule has 1 unspecified atom stereocenters. The largest absolute Gasteiger partial charge is 0.303 e. The molecule has 1 aliphatic carbocycles. The number of likely N-dealkylation sites (N-methyl/N-ethyl adjacent to an activating group) is 1. The van der Waals surface area contributed by atoms with Crippen LogP contribution in [0.15, 0.2) is 28.9 Å². The van der Waals surface area contributed by atoms with Gasteiger partial charge in [0.15, 0.2) is 0 Å². The van der Waals surface area contributed by atoms with E-state index in [4.69, 9.17) is 5.53 Å². The fourth-order valence-corrected chi connectivity index (χ4v) is 1.33. The van der Waals surface area contributed by atoms with E-state index >= 15 is 0 Å². The highest BCUT2D eigenvalue weighted by atomic mass is 15.2. The molecule has 0 spiro atoms. The molecule has 0 radical (unpaired) electrons. The molecule has 70 valence electrons. The van der Waals surface area contributed by atoms with Crippen molar-refractivity contribution < 1.29 is 0 Å². The molecule has 0 saturated carbocycles. The third-order valence-corrected chi connectivity index (χ3v) is 2.36. The lowest BCUT2D eigenvalue weighted by atomic mass is 10.0. The number of rotatable bonds is 3. The lowest BCUT2D eigenvalue weighted by Crippen LogP contribution is -2.29. The third kappa shape index (κ3) is 2.11. The molecule has 13 heavy (non-hydrogen) atoms. The summed E-state index contributed by atoms with van der Waals surface area (Å²) in [5.41, 5.74) is 9.50. The van der Waals surface area contributed by atoms with Gasteiger partial charge in [-0.25, -0.2) is 0 Å². The summed E-state index contributed by atoms with van der Waals surface area (Å²) in [6.45, 7) is 2.10. The Morgan fingerprint density at radius 3 is 2.85 bits per heavy atom. The molecule has 0 amide bonds. The molecule has 0 fully saturated rings. The van der Waals surface area contributed by atoms with Crippen molar-refractivity contribution in [2.75, 3.05) is 14.1 Å². The molecular formula is C9H14N4. The Hall–Kier alpha value is -1.25. The van der Waals surface area contributed by atoms with Gasteiger partial charge in [-0.3, -0.25) is 0 Å². The van der Waals surface area contributed by atoms with Crippen molar-refractivity contribution in [2.24, 2.45) is 5.11 Å². The smallest absolute Gasteiger partial charge is 0.0787 e. The first-order chi connectivity index (χ1) is 6.16. The van der Waals surface area contributed by atoms with Crippen LogP contribution in [-0.4, -0.2) is 31.1 Å². The van der Waals surface area contributed by atoms with Gasteiger partial charge >= 0.3 is 0 Å². The molecule has 0 aromatic rings. The first-order valence-electron chi connectivity index (χ1n) is 4.25. The van der Waals surface area contributed by atoms with E-state index in [0.29, 0.717) is 6.04 Å². The van der Waals surface area contributed by atoms with Crippen LogP contribution < -0.4 is 0 Å². The molecule has 0 aromatic carbocycles. The quantitative estimate of drug-likeness (QED) is 0.371. The van der Waals surface area contributed by atoms with Crippen LogP contribution >= 0.6 is 0 Å². The van der Waals surface area contributed by atoms with E-state index in [2.05, 4.69) is 21.8 Å². The maximum atomic E-state index is 8.35. The molecule has 0 aromatic heterocycles. The first kappa shape index (κ1) is 9.84. The maximum Gasteiger partial charge on any atom is 0.0787 e. The van der Waals surface area contributed by atoms with E-state index in [1.54, 1.807) is 0 Å². The topological polar surface area (TPSA) is 52.0 Å². The average Bonchev–Trinajstić information content (AvgIpc) is 2.52. The van der Waals surface area contributed by atoms with Crippen LogP contribution in [0.4, 0.5) is 0 Å². The molecule has 2 atom stereocenters. The first-order valence-corrected chi connectivity index (χ1v) is 4.25. The van der Waals surface area contributed by atoms with E-state index in [0.717, 1.165) is 5.57 Å². The summed E-state index contributed by atoms with van der Waals surface area (Å²) in [4.78, 5) is 4.92. The Bertz CT molecular complexity index is 284. The highest BCUT2D eigenvalue weighted by Crippen LogP contribution is 2.21. The number of azide groups is 1. The number of allylic oxidation sites excluding steroid dienone is 2. The maximum absolute atomic E-state index is 8.35. The van der Waals surface area contributed by atoms with Gasteiger partial charge in [-0.1, -0.05) is 23.3 Å². The summed E-state index contributed by atoms with van der Waals surface area (Å²) in [7, 11) is 4.02. The second-order valence-electron chi connectivity index (χ2n) is 3.34. The highest BCUT2D eigenvalue weighted by Gasteiger charge is 2.19. The van der Waals surface area contributed by atoms with Crippen molar-refractivity contribution in [3.05, 3.63) is 34.2 Å². The highest BCUT2D eigenvalue weighted by molar-refractivity contribution is 5.34. The number of hydrogen-bond acceptors (Lipinski definition) is 2. The molecule has 4 nitrogen and oxygen atoms in total. The molecule has 4 heteroatoms. The van der Waals surface area contributed by atoms with E-state index < -0.39 is 0 Å². The summed E-state index contributed by atoms with van der Waals surface area (Å²) in [6, 6.07) is 0.216. The summed E-state index contributed by atoms with van der Waals surface area (Å²) < 4.78 is 0. The van der Waals surface area contributed by atoms with Gasteiger partial charge in [0.2, 0.25) is 0 Å². The van der Waals surface area contributed by atoms with E-state index in [-0.39, 0.29) is 6.04 Å². The normalized spacial score (nSPS) is 22.8. The lowest BCUT2D eigenvalue weighted by Gasteiger charge is -2.23. The fourth-order valence-electron chi connectivity index (χ4n) is 1.33. The molecular weight excluding hydrogens is 164 g/mol. The monoisotopic (exact) mass is 178 g/mol. The Balaban J connectivity index is 2.76. The second-order valence-corrected chi connectivity index (χ2v) is 3.34. The zero-order chi connectivity index (χ0) is 9.84. The summed E-state index contributed by atoms with van der Waals surface area (Å²) in [5.74, 6) is 0. The minimum absolute atomic E-state index is 0.0950. The number of nitrogens with zero attached hydrogens (tertiary/aromatic N) is 4. The number of hydrogen-bond donors (Lipinski definition) is 0. The van der Waals surface area contributed by atoms with Gasteiger partial charge in [0, 0.05) is 11.0 Å². The van der Waals surface area contributed by atoms with Crippen LogP contribution in [-0.2, 0) is 0 Å². The Morgan fingerprint density at radius 2 is 2.31 bits per heavy atom. The van der Waals surface area contributed by atoms with Gasteiger partial charge < -0.3 is 4.90 Å². The molecule has 0 aliphatic heterocycles. The van der Waals surface area contributed by atoms with E-state index in [1.165, 1.54) is 0 Å². The van der Waals surface area contributed by atoms with Crippen LogP contribution in [0, 0.1) is 0 Å². The summed E-state index contributed by atoms with van der Waals surface area (Å²) in [5, 5.41) is 3.71. The van der Waals surface area contributed by atoms with Crippen LogP contribution in [0.25, 0.3) is 10.4 Å². The van der Waals surface area contributed by atoms with Gasteiger partial charge in [0.1, 0.15) is 0 Å². The van der Waals surface area contributed by atoms with Crippen LogP contribution in [0.3, 0.4) is 0 Å². The standard InChI is InChI=1S/C9H14N4/c1-7(13(2)3)8-5-4-6-9(8)11-12-10/h4-7,9H,1-3H3/t7-,9?/m1/s1. The minimum atomic E-state index is -0.0950. The zero-order valence-electron chi connectivity index (χ0n) is 8.18. The predicted molar refractivity (Wildman–Crippen MR) is 53.3 cm³/mol. The van der Waals surface area contributed by atoms with Gasteiger partial charge in [-0.2, -0.15) is 0 Å². The van der Waals surface area contributed by atoms with E-state index in [1.807, 2.05) is 32.3 Å². The van der Waals surface area contributed by atoms with E-state index in [9.17, 15) is 0 Å². The molecule has 0 heterocycles. The molecule has 1 aliphatic rings. The van der Waals surface area contributed by atoms with Crippen molar-refractivity contribution in [1.82, 2.24) is 4.90 Å². The van der Waals surface area contributed by atoms with Crippen molar-refractivity contribution in [3.8, 4) is 0 Å². The molecule has 0 N–H and O–H groups in total. The van der Waals surface area contributed by atoms with Gasteiger partial charge in [-0.15, -0.1) is 0 Å². The van der Waals surface area contributed by atoms with Crippen molar-refractivity contribution >= 4 is 0 Å². The summed E-state index contributed by atoms with van der Waals surface area (Å²) >= 11 is 0. The Labute approximate surface area is 78.2 Å². The third-order valence-electron chi connectivity index (χ3n) is 2.36. The van der Waals surface area contributed by atoms with Crippen molar-refractivity contribution in [3.63, 3.8) is 0 Å². The SMILES string of the molecule is C[C@H](C1=CC=CC1N=[N+]=[N-])N(C)C. The van der Waals surface area contributed by atoms with Crippen LogP contribution in [0.2, 0.25) is 0 Å². The van der Waals surface area contributed by atoms with Crippen LogP contribution in [0.1, 0.15) is 6.92 Å². The average molecular weight is 178 g/mol. The van der Waals surface area contributed by atoms with Crippen molar-refractivity contribution in [2.45, 2.75) is 19.0 Å². The molecule has 0 bridgehead atoms. The second kappa shape index (κ2) is 4.12. The summed E-state index contributed by atoms with van der Waals surface area (Å²) in [6.07, 6.45) is 5.87. The van der Waals surface area contributed by atoms with Gasteiger partial charge in [-0.05, 0) is 32.1 Å². The van der Waals surface area contributed by atoms with Crippen LogP contribution in [0.5, 0.6) is 0 Å². The Morgan fingerprint density at radius 1 is 1.62 bits per heavy atom. The van der Waals surface area contributed by atoms with Gasteiger partial charge in [0.25, 0.3) is 0 Å². The molecule has 0 saturated heterocycles. The molecule has 1 rings (SSSR count). The fraction of sp³-hybridized carbons (Fsp3) is 0.556. The zero-order valence-corrected chi connectivity index (χ0v) is 8.18. The van der Waals surface area contributed by atoms with Gasteiger partial charge in [0.05, 0.1) is 6.04 Å². The predicted octanol–water partition coefficient (Wildman–Crippen LogP) is 2.11. The Kier molecular flexibility index (Phi) is 3.12. The van der Waals surface area contributed by atoms with Crippen molar-refractivity contribution in [1.29, 1.82) is 0 Å². The minimum Gasteiger partial charge on any atom is -0.303 e. The lowest BCUT2D eigenvalue weighted by molar-refractivity contribution is 0.344.